The number of ether oxygens (including phenoxy) is 2. The highest BCUT2D eigenvalue weighted by Gasteiger charge is 2.25. The number of sulfonamides is 1. The van der Waals surface area contributed by atoms with E-state index in [1.807, 2.05) is 18.4 Å². The third-order valence-corrected chi connectivity index (χ3v) is 6.48. The van der Waals surface area contributed by atoms with Gasteiger partial charge in [-0.05, 0) is 36.1 Å². The van der Waals surface area contributed by atoms with Gasteiger partial charge in [0.1, 0.15) is 5.75 Å². The van der Waals surface area contributed by atoms with Crippen molar-refractivity contribution in [1.29, 1.82) is 0 Å². The molecule has 0 amide bonds. The second-order valence-corrected chi connectivity index (χ2v) is 8.43. The van der Waals surface area contributed by atoms with E-state index in [-0.39, 0.29) is 17.2 Å². The Morgan fingerprint density at radius 1 is 1.11 bits per heavy atom. The van der Waals surface area contributed by atoms with Crippen LogP contribution in [0.2, 0.25) is 0 Å². The highest BCUT2D eigenvalue weighted by molar-refractivity contribution is 7.98. The Bertz CT molecular complexity index is 946. The summed E-state index contributed by atoms with van der Waals surface area (Å²) in [5, 5.41) is 11.2. The Kier molecular flexibility index (Phi) is 6.68. The predicted molar refractivity (Wildman–Crippen MR) is 103 cm³/mol. The molecule has 0 aliphatic rings. The smallest absolute Gasteiger partial charge is 0.312 e. The van der Waals surface area contributed by atoms with E-state index in [1.54, 1.807) is 13.2 Å². The van der Waals surface area contributed by atoms with Crippen LogP contribution in [-0.2, 0) is 16.6 Å². The number of nitro benzene ring substituents is 1. The van der Waals surface area contributed by atoms with Crippen molar-refractivity contribution in [3.05, 3.63) is 52.1 Å². The molecule has 10 heteroatoms. The molecule has 8 nitrogen and oxygen atoms in total. The van der Waals surface area contributed by atoms with Crippen LogP contribution in [0.25, 0.3) is 0 Å². The average Bonchev–Trinajstić information content (AvgIpc) is 2.66. The molecule has 0 heterocycles. The second-order valence-electron chi connectivity index (χ2n) is 5.54. The van der Waals surface area contributed by atoms with Gasteiger partial charge in [-0.2, -0.15) is 4.31 Å². The lowest BCUT2D eigenvalue weighted by Gasteiger charge is -2.18. The monoisotopic (exact) mass is 412 g/mol. The molecule has 0 saturated heterocycles. The molecular weight excluding hydrogens is 392 g/mol. The first-order valence-corrected chi connectivity index (χ1v) is 10.4. The third kappa shape index (κ3) is 4.52. The maximum Gasteiger partial charge on any atom is 0.312 e. The summed E-state index contributed by atoms with van der Waals surface area (Å²) in [5.74, 6) is 0.657. The molecule has 0 radical (unpaired) electrons. The van der Waals surface area contributed by atoms with Crippen molar-refractivity contribution in [1.82, 2.24) is 4.31 Å². The number of benzene rings is 2. The van der Waals surface area contributed by atoms with Crippen LogP contribution < -0.4 is 9.47 Å². The summed E-state index contributed by atoms with van der Waals surface area (Å²) in [4.78, 5) is 11.2. The Balaban J connectivity index is 2.34. The van der Waals surface area contributed by atoms with E-state index < -0.39 is 20.6 Å². The van der Waals surface area contributed by atoms with Crippen molar-refractivity contribution in [3.8, 4) is 11.5 Å². The van der Waals surface area contributed by atoms with Gasteiger partial charge in [-0.15, -0.1) is 11.8 Å². The van der Waals surface area contributed by atoms with Gasteiger partial charge in [-0.1, -0.05) is 6.07 Å². The van der Waals surface area contributed by atoms with Gasteiger partial charge in [0.05, 0.1) is 24.0 Å². The van der Waals surface area contributed by atoms with Gasteiger partial charge in [0.25, 0.3) is 0 Å². The number of hydrogen-bond donors (Lipinski definition) is 0. The molecule has 0 unspecified atom stereocenters. The fraction of sp³-hybridized carbons (Fsp3) is 0.294. The van der Waals surface area contributed by atoms with Crippen LogP contribution in [0.1, 0.15) is 5.56 Å². The van der Waals surface area contributed by atoms with E-state index in [0.29, 0.717) is 5.75 Å². The summed E-state index contributed by atoms with van der Waals surface area (Å²) in [6.45, 7) is 0.0905. The van der Waals surface area contributed by atoms with Gasteiger partial charge >= 0.3 is 5.69 Å². The van der Waals surface area contributed by atoms with E-state index in [0.717, 1.165) is 20.8 Å². The second kappa shape index (κ2) is 8.59. The van der Waals surface area contributed by atoms with Crippen molar-refractivity contribution in [2.45, 2.75) is 16.3 Å². The minimum atomic E-state index is -3.93. The molecule has 146 valence electrons. The zero-order chi connectivity index (χ0) is 20.2. The van der Waals surface area contributed by atoms with E-state index >= 15 is 0 Å². The zero-order valence-electron chi connectivity index (χ0n) is 15.3. The van der Waals surface area contributed by atoms with Gasteiger partial charge < -0.3 is 9.47 Å². The van der Waals surface area contributed by atoms with Crippen LogP contribution >= 0.6 is 11.8 Å². The van der Waals surface area contributed by atoms with E-state index in [4.69, 9.17) is 9.47 Å². The number of hydrogen-bond acceptors (Lipinski definition) is 7. The van der Waals surface area contributed by atoms with Crippen molar-refractivity contribution in [2.75, 3.05) is 27.5 Å². The van der Waals surface area contributed by atoms with Crippen LogP contribution in [0.5, 0.6) is 11.5 Å². The molecule has 0 aromatic heterocycles. The van der Waals surface area contributed by atoms with Crippen LogP contribution in [0.3, 0.4) is 0 Å². The Morgan fingerprint density at radius 3 is 2.33 bits per heavy atom. The minimum Gasteiger partial charge on any atom is -0.496 e. The van der Waals surface area contributed by atoms with Crippen LogP contribution in [0, 0.1) is 10.1 Å². The van der Waals surface area contributed by atoms with Gasteiger partial charge in [0, 0.05) is 24.6 Å². The first-order chi connectivity index (χ1) is 12.7. The van der Waals surface area contributed by atoms with Crippen LogP contribution in [0.4, 0.5) is 5.69 Å². The summed E-state index contributed by atoms with van der Waals surface area (Å²) in [6, 6.07) is 9.01. The molecule has 2 aromatic carbocycles. The van der Waals surface area contributed by atoms with Gasteiger partial charge in [0.2, 0.25) is 10.0 Å². The zero-order valence-corrected chi connectivity index (χ0v) is 17.0. The number of thioether (sulfide) groups is 1. The Hall–Kier alpha value is -2.30. The average molecular weight is 412 g/mol. The fourth-order valence-electron chi connectivity index (χ4n) is 2.47. The number of nitrogens with zero attached hydrogens (tertiary/aromatic N) is 2. The number of methoxy groups -OCH3 is 2. The summed E-state index contributed by atoms with van der Waals surface area (Å²) in [5.41, 5.74) is 0.330. The molecule has 2 rings (SSSR count). The maximum atomic E-state index is 12.8. The van der Waals surface area contributed by atoms with E-state index in [9.17, 15) is 18.5 Å². The molecule has 0 spiro atoms. The molecule has 0 fully saturated rings. The molecule has 0 N–H and O–H groups in total. The number of nitro groups is 1. The summed E-state index contributed by atoms with van der Waals surface area (Å²) < 4.78 is 37.0. The predicted octanol–water partition coefficient (Wildman–Crippen LogP) is 3.15. The third-order valence-electron chi connectivity index (χ3n) is 3.91. The first kappa shape index (κ1) is 21.0. The highest BCUT2D eigenvalue weighted by atomic mass is 32.2. The standard InChI is InChI=1S/C17H20N2O6S2/c1-18(11-12-5-8-17(26-4)16(9-12)25-3)27(22,23)13-6-7-15(24-2)14(10-13)19(20)21/h5-10H,11H2,1-4H3. The summed E-state index contributed by atoms with van der Waals surface area (Å²) in [7, 11) is 0.328. The van der Waals surface area contributed by atoms with Crippen LogP contribution in [0.15, 0.2) is 46.2 Å². The molecule has 0 atom stereocenters. The molecule has 0 saturated carbocycles. The molecular formula is C17H20N2O6S2. The topological polar surface area (TPSA) is 99.0 Å². The SMILES string of the molecule is COc1cc(CN(C)S(=O)(=O)c2ccc(OC)c([N+](=O)[O-])c2)ccc1SC. The van der Waals surface area contributed by atoms with Crippen molar-refractivity contribution in [2.24, 2.45) is 0 Å². The Labute approximate surface area is 162 Å². The van der Waals surface area contributed by atoms with Gasteiger partial charge in [-0.3, -0.25) is 10.1 Å². The highest BCUT2D eigenvalue weighted by Crippen LogP contribution is 2.32. The van der Waals surface area contributed by atoms with Gasteiger partial charge in [-0.25, -0.2) is 8.42 Å². The lowest BCUT2D eigenvalue weighted by atomic mass is 10.2. The Morgan fingerprint density at radius 2 is 1.78 bits per heavy atom. The normalized spacial score (nSPS) is 11.4. The van der Waals surface area contributed by atoms with Crippen LogP contribution in [-0.4, -0.2) is 45.2 Å². The quantitative estimate of drug-likeness (QED) is 0.373. The minimum absolute atomic E-state index is 0.000932. The lowest BCUT2D eigenvalue weighted by molar-refractivity contribution is -0.386. The molecule has 0 aliphatic carbocycles. The summed E-state index contributed by atoms with van der Waals surface area (Å²) >= 11 is 1.53. The first-order valence-electron chi connectivity index (χ1n) is 7.74. The van der Waals surface area contributed by atoms with Crippen molar-refractivity contribution in [3.63, 3.8) is 0 Å². The maximum absolute atomic E-state index is 12.8. The molecule has 0 bridgehead atoms. The van der Waals surface area contributed by atoms with E-state index in [2.05, 4.69) is 0 Å². The largest absolute Gasteiger partial charge is 0.496 e. The molecule has 27 heavy (non-hydrogen) atoms. The van der Waals surface area contributed by atoms with Crippen molar-refractivity contribution < 1.29 is 22.8 Å². The molecule has 2 aromatic rings. The van der Waals surface area contributed by atoms with E-state index in [1.165, 1.54) is 38.1 Å². The van der Waals surface area contributed by atoms with Gasteiger partial charge in [0.15, 0.2) is 5.75 Å². The molecule has 0 aliphatic heterocycles. The fourth-order valence-corrected chi connectivity index (χ4v) is 4.20. The number of rotatable bonds is 8. The lowest BCUT2D eigenvalue weighted by Crippen LogP contribution is -2.26. The summed E-state index contributed by atoms with van der Waals surface area (Å²) in [6.07, 6.45) is 1.92. The van der Waals surface area contributed by atoms with Crippen molar-refractivity contribution >= 4 is 27.5 Å².